The van der Waals surface area contributed by atoms with E-state index in [2.05, 4.69) is 36.6 Å². The first-order valence-corrected chi connectivity index (χ1v) is 9.61. The van der Waals surface area contributed by atoms with Crippen LogP contribution in [-0.4, -0.2) is 69.9 Å². The minimum absolute atomic E-state index is 0. The van der Waals surface area contributed by atoms with Gasteiger partial charge in [-0.2, -0.15) is 0 Å². The fourth-order valence-electron chi connectivity index (χ4n) is 3.05. The summed E-state index contributed by atoms with van der Waals surface area (Å²) < 4.78 is 11.3. The van der Waals surface area contributed by atoms with Crippen molar-refractivity contribution in [3.8, 4) is 5.75 Å². The highest BCUT2D eigenvalue weighted by molar-refractivity contribution is 14.0. The standard InChI is InChI=1S/C20H34N4O2.HI/c1-4-21-19(22-13-8-14-26-18-9-6-5-7-10-18)23-17-20(24(2)3)11-15-25-16-12-20;/h5-7,9-10H,4,8,11-17H2,1-3H3,(H2,21,22,23);1H. The summed E-state index contributed by atoms with van der Waals surface area (Å²) in [5, 5.41) is 6.75. The number of benzene rings is 1. The molecule has 1 fully saturated rings. The molecule has 0 aliphatic carbocycles. The first-order chi connectivity index (χ1) is 12.7. The lowest BCUT2D eigenvalue weighted by Crippen LogP contribution is -2.51. The molecule has 0 spiro atoms. The third-order valence-corrected chi connectivity index (χ3v) is 4.87. The van der Waals surface area contributed by atoms with E-state index in [4.69, 9.17) is 14.5 Å². The maximum Gasteiger partial charge on any atom is 0.191 e. The molecule has 1 heterocycles. The number of aliphatic imine (C=N–C) groups is 1. The molecule has 154 valence electrons. The fourth-order valence-corrected chi connectivity index (χ4v) is 3.05. The SMILES string of the molecule is CCNC(=NCC1(N(C)C)CCOCC1)NCCCOc1ccccc1.I. The van der Waals surface area contributed by atoms with Crippen LogP contribution in [0.25, 0.3) is 0 Å². The third kappa shape index (κ3) is 8.23. The molecule has 0 saturated carbocycles. The van der Waals surface area contributed by atoms with E-state index >= 15 is 0 Å². The molecule has 1 aliphatic rings. The molecule has 2 N–H and O–H groups in total. The van der Waals surface area contributed by atoms with Crippen LogP contribution < -0.4 is 15.4 Å². The van der Waals surface area contributed by atoms with Gasteiger partial charge in [0.1, 0.15) is 5.75 Å². The van der Waals surface area contributed by atoms with Crippen LogP contribution in [0.4, 0.5) is 0 Å². The van der Waals surface area contributed by atoms with Crippen molar-refractivity contribution in [1.29, 1.82) is 0 Å². The molecule has 1 aromatic rings. The number of halogens is 1. The Hall–Kier alpha value is -1.06. The topological polar surface area (TPSA) is 58.1 Å². The number of nitrogens with one attached hydrogen (secondary N) is 2. The zero-order valence-electron chi connectivity index (χ0n) is 16.9. The molecule has 0 unspecified atom stereocenters. The van der Waals surface area contributed by atoms with Crippen molar-refractivity contribution in [2.45, 2.75) is 31.7 Å². The second-order valence-corrected chi connectivity index (χ2v) is 6.87. The molecular weight excluding hydrogens is 455 g/mol. The summed E-state index contributed by atoms with van der Waals surface area (Å²) in [5.41, 5.74) is 0.0943. The highest BCUT2D eigenvalue weighted by Gasteiger charge is 2.34. The van der Waals surface area contributed by atoms with Gasteiger partial charge in [0, 0.05) is 31.8 Å². The summed E-state index contributed by atoms with van der Waals surface area (Å²) in [5.74, 6) is 1.79. The summed E-state index contributed by atoms with van der Waals surface area (Å²) in [6, 6.07) is 9.92. The Kier molecular flexibility index (Phi) is 11.7. The number of rotatable bonds is 9. The van der Waals surface area contributed by atoms with Gasteiger partial charge in [-0.3, -0.25) is 4.99 Å². The largest absolute Gasteiger partial charge is 0.494 e. The van der Waals surface area contributed by atoms with Gasteiger partial charge in [0.2, 0.25) is 0 Å². The zero-order chi connectivity index (χ0) is 18.7. The molecule has 2 rings (SSSR count). The van der Waals surface area contributed by atoms with Crippen molar-refractivity contribution in [2.75, 3.05) is 53.6 Å². The number of likely N-dealkylation sites (N-methyl/N-ethyl adjacent to an activating group) is 1. The summed E-state index contributed by atoms with van der Waals surface area (Å²) >= 11 is 0. The number of para-hydroxylation sites is 1. The van der Waals surface area contributed by atoms with E-state index < -0.39 is 0 Å². The van der Waals surface area contributed by atoms with Crippen LogP contribution in [0.2, 0.25) is 0 Å². The van der Waals surface area contributed by atoms with Crippen molar-refractivity contribution in [3.63, 3.8) is 0 Å². The predicted octanol–water partition coefficient (Wildman–Crippen LogP) is 2.74. The van der Waals surface area contributed by atoms with Gasteiger partial charge in [0.25, 0.3) is 0 Å². The Labute approximate surface area is 181 Å². The van der Waals surface area contributed by atoms with Crippen LogP contribution in [0.15, 0.2) is 35.3 Å². The Morgan fingerprint density at radius 2 is 1.89 bits per heavy atom. The summed E-state index contributed by atoms with van der Waals surface area (Å²) in [6.45, 7) is 6.87. The van der Waals surface area contributed by atoms with Crippen molar-refractivity contribution in [2.24, 2.45) is 4.99 Å². The smallest absolute Gasteiger partial charge is 0.191 e. The minimum atomic E-state index is 0. The Morgan fingerprint density at radius 3 is 2.52 bits per heavy atom. The van der Waals surface area contributed by atoms with Crippen molar-refractivity contribution >= 4 is 29.9 Å². The van der Waals surface area contributed by atoms with E-state index in [1.165, 1.54) is 0 Å². The molecule has 6 nitrogen and oxygen atoms in total. The maximum atomic E-state index is 5.73. The second-order valence-electron chi connectivity index (χ2n) is 6.87. The van der Waals surface area contributed by atoms with Crippen LogP contribution in [-0.2, 0) is 4.74 Å². The lowest BCUT2D eigenvalue weighted by atomic mass is 9.89. The quantitative estimate of drug-likeness (QED) is 0.241. The summed E-state index contributed by atoms with van der Waals surface area (Å²) in [7, 11) is 4.28. The Balaban J connectivity index is 0.00000364. The molecule has 1 saturated heterocycles. The van der Waals surface area contributed by atoms with Crippen LogP contribution in [0, 0.1) is 0 Å². The molecule has 0 aromatic heterocycles. The highest BCUT2D eigenvalue weighted by Crippen LogP contribution is 2.26. The van der Waals surface area contributed by atoms with Crippen LogP contribution in [0.5, 0.6) is 5.75 Å². The fraction of sp³-hybridized carbons (Fsp3) is 0.650. The molecule has 0 radical (unpaired) electrons. The summed E-state index contributed by atoms with van der Waals surface area (Å²) in [6.07, 6.45) is 2.97. The average molecular weight is 490 g/mol. The average Bonchev–Trinajstić information content (AvgIpc) is 2.67. The summed E-state index contributed by atoms with van der Waals surface area (Å²) in [4.78, 5) is 7.14. The lowest BCUT2D eigenvalue weighted by molar-refractivity contribution is -0.00254. The number of nitrogens with zero attached hydrogens (tertiary/aromatic N) is 2. The van der Waals surface area contributed by atoms with Gasteiger partial charge in [-0.25, -0.2) is 0 Å². The maximum absolute atomic E-state index is 5.73. The van der Waals surface area contributed by atoms with E-state index in [-0.39, 0.29) is 29.5 Å². The zero-order valence-corrected chi connectivity index (χ0v) is 19.2. The lowest BCUT2D eigenvalue weighted by Gasteiger charge is -2.41. The van der Waals surface area contributed by atoms with Gasteiger partial charge in [0.05, 0.1) is 13.2 Å². The van der Waals surface area contributed by atoms with Gasteiger partial charge in [0.15, 0.2) is 5.96 Å². The number of hydrogen-bond acceptors (Lipinski definition) is 4. The third-order valence-electron chi connectivity index (χ3n) is 4.87. The van der Waals surface area contributed by atoms with Gasteiger partial charge in [-0.1, -0.05) is 18.2 Å². The Bertz CT molecular complexity index is 534. The molecule has 0 bridgehead atoms. The van der Waals surface area contributed by atoms with Crippen molar-refractivity contribution in [1.82, 2.24) is 15.5 Å². The van der Waals surface area contributed by atoms with Crippen LogP contribution in [0.1, 0.15) is 26.2 Å². The van der Waals surface area contributed by atoms with Gasteiger partial charge < -0.3 is 25.0 Å². The molecule has 0 amide bonds. The van der Waals surface area contributed by atoms with E-state index in [1.54, 1.807) is 0 Å². The molecule has 27 heavy (non-hydrogen) atoms. The molecule has 7 heteroatoms. The monoisotopic (exact) mass is 490 g/mol. The van der Waals surface area contributed by atoms with E-state index in [1.807, 2.05) is 30.3 Å². The molecule has 1 aliphatic heterocycles. The molecule has 0 atom stereocenters. The first-order valence-electron chi connectivity index (χ1n) is 9.61. The number of hydrogen-bond donors (Lipinski definition) is 2. The predicted molar refractivity (Wildman–Crippen MR) is 122 cm³/mol. The first kappa shape index (κ1) is 24.0. The van der Waals surface area contributed by atoms with Crippen LogP contribution >= 0.6 is 24.0 Å². The van der Waals surface area contributed by atoms with Gasteiger partial charge in [-0.05, 0) is 52.4 Å². The number of guanidine groups is 1. The van der Waals surface area contributed by atoms with Crippen molar-refractivity contribution in [3.05, 3.63) is 30.3 Å². The van der Waals surface area contributed by atoms with Crippen molar-refractivity contribution < 1.29 is 9.47 Å². The van der Waals surface area contributed by atoms with E-state index in [0.29, 0.717) is 6.61 Å². The second kappa shape index (κ2) is 13.2. The van der Waals surface area contributed by atoms with Gasteiger partial charge in [-0.15, -0.1) is 24.0 Å². The van der Waals surface area contributed by atoms with Crippen LogP contribution in [0.3, 0.4) is 0 Å². The van der Waals surface area contributed by atoms with E-state index in [0.717, 1.165) is 63.8 Å². The Morgan fingerprint density at radius 1 is 1.19 bits per heavy atom. The van der Waals surface area contributed by atoms with Gasteiger partial charge >= 0.3 is 0 Å². The molecular formula is C20H35IN4O2. The number of ether oxygens (including phenoxy) is 2. The minimum Gasteiger partial charge on any atom is -0.494 e. The molecule has 1 aromatic carbocycles. The van der Waals surface area contributed by atoms with E-state index in [9.17, 15) is 0 Å². The highest BCUT2D eigenvalue weighted by atomic mass is 127. The normalized spacial score (nSPS) is 16.5.